The first-order chi connectivity index (χ1) is 23.0. The highest BCUT2D eigenvalue weighted by molar-refractivity contribution is 6.10. The number of fused-ring (bicyclic) bond motifs is 1. The van der Waals surface area contributed by atoms with Crippen LogP contribution in [0.2, 0.25) is 0 Å². The Labute approximate surface area is 275 Å². The monoisotopic (exact) mass is 657 g/mol. The zero-order chi connectivity index (χ0) is 33.6. The Bertz CT molecular complexity index is 1910. The van der Waals surface area contributed by atoms with Crippen molar-refractivity contribution < 1.29 is 23.1 Å². The number of nitrogens with zero attached hydrogens (tertiary/aromatic N) is 8. The first-order valence-corrected chi connectivity index (χ1v) is 15.9. The maximum atomic E-state index is 14.5. The molecular formula is C34H34F3N9O2. The van der Waals surface area contributed by atoms with Crippen molar-refractivity contribution in [3.63, 3.8) is 0 Å². The van der Waals surface area contributed by atoms with Gasteiger partial charge in [-0.15, -0.1) is 10.2 Å². The van der Waals surface area contributed by atoms with Crippen molar-refractivity contribution in [2.45, 2.75) is 57.5 Å². The second kappa shape index (κ2) is 12.3. The third-order valence-corrected chi connectivity index (χ3v) is 9.76. The van der Waals surface area contributed by atoms with Crippen LogP contribution in [0.5, 0.6) is 0 Å². The van der Waals surface area contributed by atoms with Gasteiger partial charge in [-0.1, -0.05) is 6.42 Å². The van der Waals surface area contributed by atoms with E-state index in [9.17, 15) is 23.1 Å². The highest BCUT2D eigenvalue weighted by atomic mass is 19.4. The maximum absolute atomic E-state index is 14.5. The average molecular weight is 658 g/mol. The molecule has 1 saturated carbocycles. The van der Waals surface area contributed by atoms with Gasteiger partial charge in [0.1, 0.15) is 18.0 Å². The quantitative estimate of drug-likeness (QED) is 0.250. The van der Waals surface area contributed by atoms with Gasteiger partial charge in [-0.05, 0) is 78.2 Å². The van der Waals surface area contributed by atoms with E-state index in [1.165, 1.54) is 17.4 Å². The number of alkyl halides is 3. The van der Waals surface area contributed by atoms with Gasteiger partial charge in [0.15, 0.2) is 5.82 Å². The average Bonchev–Trinajstić information content (AvgIpc) is 3.76. The first kappa shape index (κ1) is 31.7. The second-order valence-corrected chi connectivity index (χ2v) is 13.1. The van der Waals surface area contributed by atoms with Gasteiger partial charge in [0, 0.05) is 55.8 Å². The lowest BCUT2D eigenvalue weighted by Gasteiger charge is -2.38. The number of likely N-dealkylation sites (tertiary alicyclic amines) is 1. The highest BCUT2D eigenvalue weighted by Crippen LogP contribution is 2.48. The third kappa shape index (κ3) is 5.99. The fraction of sp³-hybridized carbons (Fsp3) is 0.412. The van der Waals surface area contributed by atoms with E-state index in [0.717, 1.165) is 32.4 Å². The van der Waals surface area contributed by atoms with Crippen LogP contribution >= 0.6 is 0 Å². The number of rotatable bonds is 9. The summed E-state index contributed by atoms with van der Waals surface area (Å²) in [5.74, 6) is 0.360. The number of nitrogens with one attached hydrogen (secondary N) is 1. The van der Waals surface area contributed by atoms with Gasteiger partial charge in [-0.2, -0.15) is 18.4 Å². The van der Waals surface area contributed by atoms with Gasteiger partial charge in [0.05, 0.1) is 30.7 Å². The van der Waals surface area contributed by atoms with E-state index in [-0.39, 0.29) is 42.3 Å². The molecule has 1 unspecified atom stereocenters. The van der Waals surface area contributed by atoms with Gasteiger partial charge in [0.25, 0.3) is 5.91 Å². The summed E-state index contributed by atoms with van der Waals surface area (Å²) in [4.78, 5) is 26.3. The molecule has 1 atom stereocenters. The first-order valence-electron chi connectivity index (χ1n) is 15.9. The van der Waals surface area contributed by atoms with E-state index < -0.39 is 23.8 Å². The molecule has 1 aliphatic carbocycles. The molecule has 2 aliphatic heterocycles. The third-order valence-electron chi connectivity index (χ3n) is 9.76. The summed E-state index contributed by atoms with van der Waals surface area (Å²) in [7, 11) is 1.79. The van der Waals surface area contributed by atoms with E-state index in [1.807, 2.05) is 6.07 Å². The van der Waals surface area contributed by atoms with Crippen molar-refractivity contribution in [2.75, 3.05) is 29.9 Å². The fourth-order valence-electron chi connectivity index (χ4n) is 7.15. The predicted molar refractivity (Wildman–Crippen MR) is 170 cm³/mol. The number of hydrogen-bond donors (Lipinski definition) is 2. The zero-order valence-electron chi connectivity index (χ0n) is 26.3. The number of amides is 1. The number of aliphatic hydroxyl groups is 1. The molecule has 3 aromatic heterocycles. The number of aromatic nitrogens is 5. The summed E-state index contributed by atoms with van der Waals surface area (Å²) in [6.45, 7) is 1.72. The van der Waals surface area contributed by atoms with Crippen molar-refractivity contribution in [1.82, 2.24) is 29.6 Å². The molecule has 0 bridgehead atoms. The Balaban J connectivity index is 1.26. The molecule has 48 heavy (non-hydrogen) atoms. The second-order valence-electron chi connectivity index (χ2n) is 13.1. The SMILES string of the molecule is Cn1cnnc1-c1ccncc1-c1cc(NCC(O)CC#N)nc(N2Cc3c(cc(CN4CCC5(CCC5)C4)cc3C(F)(F)F)C2=O)c1. The van der Waals surface area contributed by atoms with Crippen molar-refractivity contribution in [3.05, 3.63) is 71.3 Å². The summed E-state index contributed by atoms with van der Waals surface area (Å²) in [6, 6.07) is 9.80. The number of hydrogen-bond acceptors (Lipinski definition) is 9. The summed E-state index contributed by atoms with van der Waals surface area (Å²) < 4.78 is 45.4. The minimum atomic E-state index is -4.66. The number of carbonyl (C=O) groups excluding carboxylic acids is 1. The molecule has 14 heteroatoms. The number of pyridine rings is 2. The van der Waals surface area contributed by atoms with Crippen LogP contribution in [0.25, 0.3) is 22.5 Å². The number of anilines is 2. The van der Waals surface area contributed by atoms with Gasteiger partial charge in [-0.25, -0.2) is 4.98 Å². The van der Waals surface area contributed by atoms with Gasteiger partial charge in [0.2, 0.25) is 0 Å². The molecule has 5 heterocycles. The molecule has 7 rings (SSSR count). The number of aryl methyl sites for hydroxylation is 1. The van der Waals surface area contributed by atoms with Gasteiger partial charge >= 0.3 is 6.18 Å². The van der Waals surface area contributed by atoms with Gasteiger partial charge in [-0.3, -0.25) is 19.6 Å². The molecule has 3 aliphatic rings. The molecule has 2 fully saturated rings. The largest absolute Gasteiger partial charge is 0.416 e. The molecule has 1 aromatic carbocycles. The minimum absolute atomic E-state index is 0.0137. The lowest BCUT2D eigenvalue weighted by Crippen LogP contribution is -2.33. The summed E-state index contributed by atoms with van der Waals surface area (Å²) >= 11 is 0. The summed E-state index contributed by atoms with van der Waals surface area (Å²) in [5, 5.41) is 30.4. The summed E-state index contributed by atoms with van der Waals surface area (Å²) in [5.41, 5.74) is 1.75. The highest BCUT2D eigenvalue weighted by Gasteiger charge is 2.44. The molecule has 2 N–H and O–H groups in total. The lowest BCUT2D eigenvalue weighted by atomic mass is 9.68. The molecule has 248 valence electrons. The Morgan fingerprint density at radius 2 is 1.98 bits per heavy atom. The fourth-order valence-corrected chi connectivity index (χ4v) is 7.15. The normalized spacial score (nSPS) is 17.8. The Morgan fingerprint density at radius 3 is 2.67 bits per heavy atom. The van der Waals surface area contributed by atoms with Gasteiger partial charge < -0.3 is 15.0 Å². The smallest absolute Gasteiger partial charge is 0.390 e. The molecule has 1 amide bonds. The number of benzene rings is 1. The Hall–Kier alpha value is -4.87. The number of carbonyl (C=O) groups is 1. The van der Waals surface area contributed by atoms with E-state index >= 15 is 0 Å². The standard InChI is InChI=1S/C34H34F3N9O2/c1-44-20-41-43-31(44)24-4-9-39-16-26(24)22-13-29(40-15-23(47)3-8-38)42-30(14-22)46-18-27-25(32(46)48)11-21(12-28(27)34(35,36)37)17-45-10-7-33(19-45)5-2-6-33/h4,9,11-14,16,20,23,47H,2-3,5-7,10,15,17-19H2,1H3,(H,40,42). The van der Waals surface area contributed by atoms with Crippen LogP contribution in [0.15, 0.2) is 49.1 Å². The van der Waals surface area contributed by atoms with Crippen LogP contribution in [0.1, 0.15) is 59.2 Å². The zero-order valence-corrected chi connectivity index (χ0v) is 26.3. The van der Waals surface area contributed by atoms with Crippen molar-refractivity contribution in [3.8, 4) is 28.6 Å². The number of aliphatic hydroxyl groups excluding tert-OH is 1. The van der Waals surface area contributed by atoms with Crippen LogP contribution < -0.4 is 10.2 Å². The van der Waals surface area contributed by atoms with Crippen molar-refractivity contribution >= 4 is 17.5 Å². The van der Waals surface area contributed by atoms with E-state index in [2.05, 4.69) is 30.4 Å². The topological polar surface area (TPSA) is 136 Å². The number of halogens is 3. The molecule has 1 spiro atoms. The molecular weight excluding hydrogens is 623 g/mol. The molecule has 11 nitrogen and oxygen atoms in total. The van der Waals surface area contributed by atoms with Crippen LogP contribution in [0, 0.1) is 16.7 Å². The predicted octanol–water partition coefficient (Wildman–Crippen LogP) is 5.18. The Kier molecular flexibility index (Phi) is 8.13. The lowest BCUT2D eigenvalue weighted by molar-refractivity contribution is -0.138. The summed E-state index contributed by atoms with van der Waals surface area (Å²) in [6.07, 6.45) is 3.61. The Morgan fingerprint density at radius 1 is 1.15 bits per heavy atom. The molecule has 0 radical (unpaired) electrons. The van der Waals surface area contributed by atoms with Crippen molar-refractivity contribution in [1.29, 1.82) is 5.26 Å². The molecule has 1 saturated heterocycles. The number of nitriles is 1. The van der Waals surface area contributed by atoms with E-state index in [4.69, 9.17) is 5.26 Å². The van der Waals surface area contributed by atoms with Crippen LogP contribution in [-0.4, -0.2) is 66.4 Å². The minimum Gasteiger partial charge on any atom is -0.390 e. The van der Waals surface area contributed by atoms with E-state index in [1.54, 1.807) is 54.6 Å². The van der Waals surface area contributed by atoms with Crippen molar-refractivity contribution in [2.24, 2.45) is 12.5 Å². The van der Waals surface area contributed by atoms with Crippen LogP contribution in [-0.2, 0) is 26.3 Å². The molecule has 4 aromatic rings. The maximum Gasteiger partial charge on any atom is 0.416 e. The van der Waals surface area contributed by atoms with E-state index in [0.29, 0.717) is 40.0 Å². The van der Waals surface area contributed by atoms with Crippen LogP contribution in [0.4, 0.5) is 24.8 Å². The van der Waals surface area contributed by atoms with Crippen LogP contribution in [0.3, 0.4) is 0 Å².